The fourth-order valence-electron chi connectivity index (χ4n) is 2.00. The lowest BCUT2D eigenvalue weighted by Crippen LogP contribution is -2.32. The van der Waals surface area contributed by atoms with Gasteiger partial charge in [-0.2, -0.15) is 0 Å². The number of carbonyl (C=O) groups is 1. The number of primary sulfonamides is 1. The first kappa shape index (κ1) is 18.5. The summed E-state index contributed by atoms with van der Waals surface area (Å²) in [4.78, 5) is 16.4. The Morgan fingerprint density at radius 3 is 2.58 bits per heavy atom. The molecule has 1 unspecified atom stereocenters. The minimum absolute atomic E-state index is 0.0656. The molecule has 0 radical (unpaired) electrons. The first-order valence-corrected chi connectivity index (χ1v) is 9.73. The number of hydrogen-bond donors (Lipinski definition) is 2. The molecule has 2 rings (SSSR count). The molecule has 0 aliphatic rings. The van der Waals surface area contributed by atoms with E-state index in [0.29, 0.717) is 13.0 Å². The largest absolute Gasteiger partial charge is 0.355 e. The molecule has 0 bridgehead atoms. The van der Waals surface area contributed by atoms with E-state index in [1.165, 1.54) is 23.9 Å². The number of aromatic nitrogens is 2. The Morgan fingerprint density at radius 1 is 1.38 bits per heavy atom. The molecule has 2 aromatic rings. The predicted octanol–water partition coefficient (Wildman–Crippen LogP) is 0.907. The molecule has 1 amide bonds. The molecule has 7 nitrogen and oxygen atoms in total. The lowest BCUT2D eigenvalue weighted by Gasteiger charge is -2.11. The van der Waals surface area contributed by atoms with Gasteiger partial charge >= 0.3 is 0 Å². The number of amides is 1. The van der Waals surface area contributed by atoms with Gasteiger partial charge in [0.15, 0.2) is 5.16 Å². The summed E-state index contributed by atoms with van der Waals surface area (Å²) >= 11 is 1.40. The van der Waals surface area contributed by atoms with Crippen LogP contribution in [-0.4, -0.2) is 35.7 Å². The van der Waals surface area contributed by atoms with Crippen LogP contribution in [0.5, 0.6) is 0 Å². The normalized spacial score (nSPS) is 12.8. The number of aryl methyl sites for hydroxylation is 1. The van der Waals surface area contributed by atoms with Crippen molar-refractivity contribution in [3.8, 4) is 0 Å². The van der Waals surface area contributed by atoms with Gasteiger partial charge in [-0.1, -0.05) is 23.9 Å². The third-order valence-corrected chi connectivity index (χ3v) is 5.49. The summed E-state index contributed by atoms with van der Waals surface area (Å²) in [7, 11) is -1.79. The number of thioether (sulfide) groups is 1. The van der Waals surface area contributed by atoms with Crippen molar-refractivity contribution in [3.05, 3.63) is 42.2 Å². The number of nitrogens with two attached hydrogens (primary N) is 1. The second-order valence-corrected chi connectivity index (χ2v) is 8.18. The van der Waals surface area contributed by atoms with Crippen LogP contribution in [0.1, 0.15) is 12.5 Å². The van der Waals surface area contributed by atoms with E-state index in [4.69, 9.17) is 5.14 Å². The number of nitrogens with one attached hydrogen (secondary N) is 1. The van der Waals surface area contributed by atoms with E-state index in [-0.39, 0.29) is 16.1 Å². The standard InChI is InChI=1S/C15H20N4O3S2/c1-11(23-15-18-9-10-19(15)2)14(20)17-8-7-12-3-5-13(6-4-12)24(16,21)22/h3-6,9-11H,7-8H2,1-2H3,(H,17,20)(H2,16,21,22). The summed E-state index contributed by atoms with van der Waals surface area (Å²) in [5, 5.41) is 8.45. The maximum Gasteiger partial charge on any atom is 0.238 e. The van der Waals surface area contributed by atoms with Gasteiger partial charge in [-0.05, 0) is 31.0 Å². The first-order valence-electron chi connectivity index (χ1n) is 7.31. The number of rotatable bonds is 7. The van der Waals surface area contributed by atoms with E-state index in [9.17, 15) is 13.2 Å². The van der Waals surface area contributed by atoms with Crippen LogP contribution < -0.4 is 10.5 Å². The quantitative estimate of drug-likeness (QED) is 0.706. The average molecular weight is 368 g/mol. The summed E-state index contributed by atoms with van der Waals surface area (Å²) < 4.78 is 24.2. The van der Waals surface area contributed by atoms with Gasteiger partial charge in [-0.15, -0.1) is 0 Å². The van der Waals surface area contributed by atoms with E-state index < -0.39 is 10.0 Å². The number of hydrogen-bond acceptors (Lipinski definition) is 5. The van der Waals surface area contributed by atoms with Crippen LogP contribution in [0, 0.1) is 0 Å². The van der Waals surface area contributed by atoms with E-state index in [2.05, 4.69) is 10.3 Å². The van der Waals surface area contributed by atoms with Crippen LogP contribution in [0.15, 0.2) is 46.7 Å². The maximum absolute atomic E-state index is 12.1. The molecular weight excluding hydrogens is 348 g/mol. The fourth-order valence-corrected chi connectivity index (χ4v) is 3.37. The smallest absolute Gasteiger partial charge is 0.238 e. The lowest BCUT2D eigenvalue weighted by molar-refractivity contribution is -0.120. The molecular formula is C15H20N4O3S2. The molecule has 0 aliphatic heterocycles. The number of sulfonamides is 1. The van der Waals surface area contributed by atoms with Crippen molar-refractivity contribution in [3.63, 3.8) is 0 Å². The number of benzene rings is 1. The van der Waals surface area contributed by atoms with Crippen molar-refractivity contribution in [2.45, 2.75) is 28.6 Å². The van der Waals surface area contributed by atoms with Gasteiger partial charge in [0.1, 0.15) is 0 Å². The highest BCUT2D eigenvalue weighted by Gasteiger charge is 2.16. The van der Waals surface area contributed by atoms with E-state index in [1.807, 2.05) is 24.7 Å². The zero-order valence-electron chi connectivity index (χ0n) is 13.5. The highest BCUT2D eigenvalue weighted by Crippen LogP contribution is 2.20. The van der Waals surface area contributed by atoms with Crippen molar-refractivity contribution in [1.82, 2.24) is 14.9 Å². The SMILES string of the molecule is CC(Sc1nccn1C)C(=O)NCCc1ccc(S(N)(=O)=O)cc1. The van der Waals surface area contributed by atoms with E-state index in [0.717, 1.165) is 10.7 Å². The van der Waals surface area contributed by atoms with Gasteiger partial charge in [0.25, 0.3) is 0 Å². The minimum atomic E-state index is -3.67. The van der Waals surface area contributed by atoms with Gasteiger partial charge in [0, 0.05) is 26.0 Å². The molecule has 0 aliphatic carbocycles. The van der Waals surface area contributed by atoms with Gasteiger partial charge < -0.3 is 9.88 Å². The Balaban J connectivity index is 1.81. The Hall–Kier alpha value is -1.84. The molecule has 1 aromatic carbocycles. The summed E-state index contributed by atoms with van der Waals surface area (Å²) in [5.74, 6) is -0.0656. The molecule has 1 aromatic heterocycles. The van der Waals surface area contributed by atoms with Crippen molar-refractivity contribution in [2.75, 3.05) is 6.54 Å². The highest BCUT2D eigenvalue weighted by atomic mass is 32.2. The summed E-state index contributed by atoms with van der Waals surface area (Å²) in [6, 6.07) is 6.31. The van der Waals surface area contributed by atoms with E-state index in [1.54, 1.807) is 18.3 Å². The summed E-state index contributed by atoms with van der Waals surface area (Å²) in [6.07, 6.45) is 4.13. The molecule has 1 atom stereocenters. The van der Waals surface area contributed by atoms with Crippen LogP contribution in [0.4, 0.5) is 0 Å². The molecule has 24 heavy (non-hydrogen) atoms. The first-order chi connectivity index (χ1) is 11.3. The molecule has 0 fully saturated rings. The van der Waals surface area contributed by atoms with Crippen molar-refractivity contribution in [1.29, 1.82) is 0 Å². The molecule has 0 saturated carbocycles. The van der Waals surface area contributed by atoms with Gasteiger partial charge in [-0.25, -0.2) is 18.5 Å². The van der Waals surface area contributed by atoms with Crippen LogP contribution in [0.3, 0.4) is 0 Å². The van der Waals surface area contributed by atoms with Crippen LogP contribution in [0.25, 0.3) is 0 Å². The molecule has 130 valence electrons. The van der Waals surface area contributed by atoms with Gasteiger partial charge in [-0.3, -0.25) is 4.79 Å². The Morgan fingerprint density at radius 2 is 2.04 bits per heavy atom. The number of carbonyl (C=O) groups excluding carboxylic acids is 1. The number of imidazole rings is 1. The second kappa shape index (κ2) is 7.82. The topological polar surface area (TPSA) is 107 Å². The summed E-state index contributed by atoms with van der Waals surface area (Å²) in [5.41, 5.74) is 0.923. The molecule has 3 N–H and O–H groups in total. The van der Waals surface area contributed by atoms with E-state index >= 15 is 0 Å². The average Bonchev–Trinajstić information content (AvgIpc) is 2.92. The zero-order chi connectivity index (χ0) is 17.7. The third kappa shape index (κ3) is 5.08. The minimum Gasteiger partial charge on any atom is -0.355 e. The van der Waals surface area contributed by atoms with Crippen LogP contribution in [0.2, 0.25) is 0 Å². The monoisotopic (exact) mass is 368 g/mol. The Kier molecular flexibility index (Phi) is 6.03. The zero-order valence-corrected chi connectivity index (χ0v) is 15.1. The Labute approximate surface area is 145 Å². The summed E-state index contributed by atoms with van der Waals surface area (Å²) in [6.45, 7) is 2.30. The lowest BCUT2D eigenvalue weighted by atomic mass is 10.1. The second-order valence-electron chi connectivity index (χ2n) is 5.31. The van der Waals surface area contributed by atoms with Crippen LogP contribution >= 0.6 is 11.8 Å². The molecule has 0 spiro atoms. The van der Waals surface area contributed by atoms with Crippen LogP contribution in [-0.2, 0) is 28.3 Å². The third-order valence-electron chi connectivity index (χ3n) is 3.39. The predicted molar refractivity (Wildman–Crippen MR) is 93.1 cm³/mol. The van der Waals surface area contributed by atoms with Crippen molar-refractivity contribution < 1.29 is 13.2 Å². The molecule has 0 saturated heterocycles. The maximum atomic E-state index is 12.1. The number of nitrogens with zero attached hydrogens (tertiary/aromatic N) is 2. The highest BCUT2D eigenvalue weighted by molar-refractivity contribution is 8.00. The fraction of sp³-hybridized carbons (Fsp3) is 0.333. The molecule has 1 heterocycles. The van der Waals surface area contributed by atoms with Gasteiger partial charge in [0.2, 0.25) is 15.9 Å². The van der Waals surface area contributed by atoms with Crippen molar-refractivity contribution in [2.24, 2.45) is 12.2 Å². The molecule has 9 heteroatoms. The van der Waals surface area contributed by atoms with Gasteiger partial charge in [0.05, 0.1) is 10.1 Å². The Bertz CT molecular complexity index is 800. The van der Waals surface area contributed by atoms with Crippen molar-refractivity contribution >= 4 is 27.7 Å².